The van der Waals surface area contributed by atoms with E-state index in [-0.39, 0.29) is 12.1 Å². The third-order valence-corrected chi connectivity index (χ3v) is 6.30. The minimum atomic E-state index is -0.110. The largest absolute Gasteiger partial charge is 0.493 e. The lowest BCUT2D eigenvalue weighted by Gasteiger charge is -2.35. The molecule has 34 heavy (non-hydrogen) atoms. The Hall–Kier alpha value is -3.58. The van der Waals surface area contributed by atoms with Crippen molar-refractivity contribution >= 4 is 0 Å². The van der Waals surface area contributed by atoms with Crippen LogP contribution in [0.3, 0.4) is 0 Å². The topological polar surface area (TPSA) is 67.4 Å². The maximum atomic E-state index is 5.61. The van der Waals surface area contributed by atoms with Crippen molar-refractivity contribution in [3.63, 3.8) is 0 Å². The fourth-order valence-corrected chi connectivity index (χ4v) is 4.54. The van der Waals surface area contributed by atoms with Gasteiger partial charge in [0.25, 0.3) is 0 Å². The van der Waals surface area contributed by atoms with Crippen molar-refractivity contribution < 1.29 is 28.4 Å². The molecule has 0 amide bonds. The van der Waals surface area contributed by atoms with Gasteiger partial charge < -0.3 is 28.4 Å². The highest BCUT2D eigenvalue weighted by Crippen LogP contribution is 2.43. The number of benzene rings is 3. The van der Waals surface area contributed by atoms with E-state index >= 15 is 0 Å². The fraction of sp³-hybridized carbons (Fsp3) is 0.333. The molecule has 1 aliphatic heterocycles. The van der Waals surface area contributed by atoms with Crippen LogP contribution in [0.1, 0.15) is 34.3 Å². The number of ether oxygens (including phenoxy) is 6. The average Bonchev–Trinajstić information content (AvgIpc) is 2.90. The van der Waals surface area contributed by atoms with Gasteiger partial charge in [0.05, 0.1) is 48.7 Å². The summed E-state index contributed by atoms with van der Waals surface area (Å²) in [5, 5.41) is 3.82. The van der Waals surface area contributed by atoms with Crippen LogP contribution in [0.5, 0.6) is 34.5 Å². The van der Waals surface area contributed by atoms with Crippen molar-refractivity contribution in [2.45, 2.75) is 18.5 Å². The molecule has 0 radical (unpaired) electrons. The number of hydrogen-bond acceptors (Lipinski definition) is 7. The molecular weight excluding hydrogens is 434 g/mol. The molecule has 1 N–H and O–H groups in total. The summed E-state index contributed by atoms with van der Waals surface area (Å²) in [5.74, 6) is 4.16. The van der Waals surface area contributed by atoms with Crippen LogP contribution >= 0.6 is 0 Å². The van der Waals surface area contributed by atoms with Gasteiger partial charge in [-0.3, -0.25) is 5.32 Å². The molecule has 0 saturated carbocycles. The van der Waals surface area contributed by atoms with E-state index in [2.05, 4.69) is 23.5 Å². The van der Waals surface area contributed by atoms with Crippen molar-refractivity contribution in [2.75, 3.05) is 42.7 Å². The third-order valence-electron chi connectivity index (χ3n) is 6.30. The van der Waals surface area contributed by atoms with Crippen LogP contribution in [0.4, 0.5) is 0 Å². The van der Waals surface area contributed by atoms with Crippen molar-refractivity contribution in [1.82, 2.24) is 5.32 Å². The smallest absolute Gasteiger partial charge is 0.161 e. The molecule has 0 bridgehead atoms. The van der Waals surface area contributed by atoms with E-state index < -0.39 is 0 Å². The quantitative estimate of drug-likeness (QED) is 0.517. The second kappa shape index (κ2) is 10.1. The molecule has 0 saturated heterocycles. The number of rotatable bonds is 8. The molecule has 0 aromatic heterocycles. The van der Waals surface area contributed by atoms with Crippen molar-refractivity contribution in [3.05, 3.63) is 70.8 Å². The summed E-state index contributed by atoms with van der Waals surface area (Å²) in [6.07, 6.45) is 0.773. The molecule has 1 heterocycles. The highest BCUT2D eigenvalue weighted by molar-refractivity contribution is 5.54. The summed E-state index contributed by atoms with van der Waals surface area (Å²) in [6, 6.07) is 16.0. The zero-order chi connectivity index (χ0) is 24.2. The zero-order valence-electron chi connectivity index (χ0n) is 20.4. The zero-order valence-corrected chi connectivity index (χ0v) is 20.4. The summed E-state index contributed by atoms with van der Waals surface area (Å²) in [5.41, 5.74) is 4.46. The van der Waals surface area contributed by atoms with E-state index in [1.165, 1.54) is 5.56 Å². The van der Waals surface area contributed by atoms with Crippen LogP contribution in [0.2, 0.25) is 0 Å². The van der Waals surface area contributed by atoms with Gasteiger partial charge in [0.2, 0.25) is 0 Å². The van der Waals surface area contributed by atoms with E-state index in [1.54, 1.807) is 42.7 Å². The van der Waals surface area contributed by atoms with Crippen molar-refractivity contribution in [2.24, 2.45) is 0 Å². The molecular formula is C27H31NO6. The van der Waals surface area contributed by atoms with E-state index in [1.807, 2.05) is 30.3 Å². The predicted molar refractivity (Wildman–Crippen MR) is 130 cm³/mol. The Morgan fingerprint density at radius 2 is 1.03 bits per heavy atom. The maximum Gasteiger partial charge on any atom is 0.161 e. The monoisotopic (exact) mass is 465 g/mol. The molecule has 0 spiro atoms. The first-order valence-electron chi connectivity index (χ1n) is 11.0. The molecule has 7 heteroatoms. The molecule has 2 atom stereocenters. The summed E-state index contributed by atoms with van der Waals surface area (Å²) in [7, 11) is 9.87. The average molecular weight is 466 g/mol. The standard InChI is InChI=1S/C27H31NO6/c1-29-21-9-7-16(12-23(21)31-3)20-11-18-14-25(33-5)26(34-6)15-19(18)27(28-20)17-8-10-22(30-2)24(13-17)32-4/h7-10,12-15,20,27-28H,11H2,1-6H3/t20-,27+/m0/s1. The van der Waals surface area contributed by atoms with Gasteiger partial charge in [-0.2, -0.15) is 0 Å². The van der Waals surface area contributed by atoms with Gasteiger partial charge in [-0.25, -0.2) is 0 Å². The highest BCUT2D eigenvalue weighted by Gasteiger charge is 2.31. The molecule has 0 unspecified atom stereocenters. The molecule has 180 valence electrons. The third kappa shape index (κ3) is 4.31. The summed E-state index contributed by atoms with van der Waals surface area (Å²) in [4.78, 5) is 0. The van der Waals surface area contributed by atoms with Gasteiger partial charge in [0, 0.05) is 6.04 Å². The van der Waals surface area contributed by atoms with Crippen LogP contribution in [-0.4, -0.2) is 42.7 Å². The van der Waals surface area contributed by atoms with Crippen LogP contribution in [0.15, 0.2) is 48.5 Å². The maximum absolute atomic E-state index is 5.61. The molecule has 7 nitrogen and oxygen atoms in total. The summed E-state index contributed by atoms with van der Waals surface area (Å²) < 4.78 is 33.2. The predicted octanol–water partition coefficient (Wildman–Crippen LogP) is 4.71. The van der Waals surface area contributed by atoms with E-state index in [4.69, 9.17) is 28.4 Å². The first kappa shape index (κ1) is 23.6. The SMILES string of the molecule is COc1ccc([C@H]2N[C@H](c3ccc(OC)c(OC)c3)Cc3cc(OC)c(OC)cc32)cc1OC. The van der Waals surface area contributed by atoms with E-state index in [0.717, 1.165) is 23.1 Å². The highest BCUT2D eigenvalue weighted by atomic mass is 16.5. The Bertz CT molecular complexity index is 1160. The minimum Gasteiger partial charge on any atom is -0.493 e. The van der Waals surface area contributed by atoms with Gasteiger partial charge in [0.1, 0.15) is 0 Å². The van der Waals surface area contributed by atoms with Gasteiger partial charge in [0.15, 0.2) is 34.5 Å². The van der Waals surface area contributed by atoms with Crippen LogP contribution in [0, 0.1) is 0 Å². The van der Waals surface area contributed by atoms with Crippen LogP contribution in [-0.2, 0) is 6.42 Å². The second-order valence-electron chi connectivity index (χ2n) is 7.99. The van der Waals surface area contributed by atoms with Gasteiger partial charge in [-0.15, -0.1) is 0 Å². The van der Waals surface area contributed by atoms with Crippen LogP contribution in [0.25, 0.3) is 0 Å². The lowest BCUT2D eigenvalue weighted by molar-refractivity contribution is 0.348. The molecule has 4 rings (SSSR count). The molecule has 1 aliphatic rings. The molecule has 0 fully saturated rings. The Labute approximate surface area is 200 Å². The Morgan fingerprint density at radius 1 is 0.559 bits per heavy atom. The Morgan fingerprint density at radius 3 is 1.59 bits per heavy atom. The van der Waals surface area contributed by atoms with E-state index in [0.29, 0.717) is 34.5 Å². The van der Waals surface area contributed by atoms with Crippen molar-refractivity contribution in [1.29, 1.82) is 0 Å². The van der Waals surface area contributed by atoms with Gasteiger partial charge >= 0.3 is 0 Å². The molecule has 3 aromatic rings. The first-order valence-corrected chi connectivity index (χ1v) is 11.0. The molecule has 0 aliphatic carbocycles. The normalized spacial score (nSPS) is 16.9. The second-order valence-corrected chi connectivity index (χ2v) is 7.99. The fourth-order valence-electron chi connectivity index (χ4n) is 4.54. The summed E-state index contributed by atoms with van der Waals surface area (Å²) in [6.45, 7) is 0. The minimum absolute atomic E-state index is 0.0310. The molecule has 3 aromatic carbocycles. The number of hydrogen-bond donors (Lipinski definition) is 1. The van der Waals surface area contributed by atoms with Crippen molar-refractivity contribution in [3.8, 4) is 34.5 Å². The van der Waals surface area contributed by atoms with Crippen LogP contribution < -0.4 is 33.7 Å². The number of fused-ring (bicyclic) bond motifs is 1. The van der Waals surface area contributed by atoms with Gasteiger partial charge in [-0.1, -0.05) is 12.1 Å². The Kier molecular flexibility index (Phi) is 7.03. The van der Waals surface area contributed by atoms with E-state index in [9.17, 15) is 0 Å². The van der Waals surface area contributed by atoms with Gasteiger partial charge in [-0.05, 0) is 65.1 Å². The lowest BCUT2D eigenvalue weighted by Crippen LogP contribution is -2.34. The summed E-state index contributed by atoms with van der Waals surface area (Å²) >= 11 is 0. The number of nitrogens with one attached hydrogen (secondary N) is 1. The Balaban J connectivity index is 1.83. The lowest BCUT2D eigenvalue weighted by atomic mass is 9.84. The number of methoxy groups -OCH3 is 6. The first-order chi connectivity index (χ1) is 16.6.